The summed E-state index contributed by atoms with van der Waals surface area (Å²) in [5.41, 5.74) is 1.02. The van der Waals surface area contributed by atoms with Crippen LogP contribution in [0.15, 0.2) is 24.3 Å². The third kappa shape index (κ3) is 5.21. The van der Waals surface area contributed by atoms with Gasteiger partial charge in [0.25, 0.3) is 5.91 Å². The summed E-state index contributed by atoms with van der Waals surface area (Å²) in [6, 6.07) is 7.53. The first-order valence-corrected chi connectivity index (χ1v) is 8.87. The van der Waals surface area contributed by atoms with Gasteiger partial charge in [0.15, 0.2) is 6.61 Å². The average molecular weight is 362 g/mol. The molecule has 0 radical (unpaired) electrons. The van der Waals surface area contributed by atoms with Gasteiger partial charge in [0.1, 0.15) is 5.75 Å². The zero-order valence-corrected chi connectivity index (χ0v) is 15.3. The first-order chi connectivity index (χ1) is 12.4. The number of para-hydroxylation sites is 1. The van der Waals surface area contributed by atoms with Gasteiger partial charge in [-0.2, -0.15) is 0 Å². The molecule has 0 bridgehead atoms. The molecule has 7 heteroatoms. The molecule has 7 nitrogen and oxygen atoms in total. The van der Waals surface area contributed by atoms with Crippen LogP contribution in [0.3, 0.4) is 0 Å². The van der Waals surface area contributed by atoms with Gasteiger partial charge >= 0.3 is 5.97 Å². The van der Waals surface area contributed by atoms with Gasteiger partial charge in [0.2, 0.25) is 5.91 Å². The van der Waals surface area contributed by atoms with Gasteiger partial charge in [-0.15, -0.1) is 0 Å². The minimum atomic E-state index is -0.880. The lowest BCUT2D eigenvalue weighted by Crippen LogP contribution is -2.47. The van der Waals surface area contributed by atoms with Gasteiger partial charge < -0.3 is 19.6 Å². The van der Waals surface area contributed by atoms with E-state index in [1.165, 1.54) is 9.80 Å². The topological polar surface area (TPSA) is 87.2 Å². The molecule has 1 heterocycles. The van der Waals surface area contributed by atoms with E-state index >= 15 is 0 Å². The van der Waals surface area contributed by atoms with Crippen molar-refractivity contribution in [3.8, 4) is 5.75 Å². The Morgan fingerprint density at radius 1 is 1.31 bits per heavy atom. The summed E-state index contributed by atoms with van der Waals surface area (Å²) >= 11 is 0. The lowest BCUT2D eigenvalue weighted by atomic mass is 9.98. The molecule has 142 valence electrons. The van der Waals surface area contributed by atoms with Crippen molar-refractivity contribution in [3.63, 3.8) is 0 Å². The van der Waals surface area contributed by atoms with Gasteiger partial charge in [0.05, 0.1) is 12.5 Å². The Kier molecular flexibility index (Phi) is 7.00. The summed E-state index contributed by atoms with van der Waals surface area (Å²) < 4.78 is 5.59. The molecule has 2 amide bonds. The maximum absolute atomic E-state index is 12.4. The van der Waals surface area contributed by atoms with Gasteiger partial charge in [-0.3, -0.25) is 14.4 Å². The van der Waals surface area contributed by atoms with E-state index in [0.717, 1.165) is 12.0 Å². The number of rotatable bonds is 7. The fraction of sp³-hybridized carbons (Fsp3) is 0.526. The minimum Gasteiger partial charge on any atom is -0.483 e. The maximum Gasteiger partial charge on any atom is 0.308 e. The number of aliphatic carboxylic acids is 1. The first kappa shape index (κ1) is 19.8. The Balaban J connectivity index is 1.84. The first-order valence-electron chi connectivity index (χ1n) is 8.87. The summed E-state index contributed by atoms with van der Waals surface area (Å²) in [6.07, 6.45) is 2.05. The second kappa shape index (κ2) is 9.22. The highest BCUT2D eigenvalue weighted by molar-refractivity contribution is 5.85. The number of carboxylic acid groups (broad SMARTS) is 1. The number of carbonyl (C=O) groups is 3. The molecular formula is C19H26N2O5. The minimum absolute atomic E-state index is 0.0794. The van der Waals surface area contributed by atoms with Crippen molar-refractivity contribution >= 4 is 17.8 Å². The second-order valence-corrected chi connectivity index (χ2v) is 6.52. The predicted octanol–water partition coefficient (Wildman–Crippen LogP) is 1.41. The number of likely N-dealkylation sites (tertiary alicyclic amines) is 1. The number of nitrogens with zero attached hydrogens (tertiary/aromatic N) is 2. The number of likely N-dealkylation sites (N-methyl/N-ethyl adjacent to an activating group) is 1. The third-order valence-corrected chi connectivity index (χ3v) is 4.63. The van der Waals surface area contributed by atoms with Crippen molar-refractivity contribution in [2.75, 3.05) is 33.3 Å². The maximum atomic E-state index is 12.4. The quantitative estimate of drug-likeness (QED) is 0.792. The number of amides is 2. The van der Waals surface area contributed by atoms with Crippen molar-refractivity contribution in [1.82, 2.24) is 9.80 Å². The molecular weight excluding hydrogens is 336 g/mol. The molecule has 1 atom stereocenters. The molecule has 1 N–H and O–H groups in total. The second-order valence-electron chi connectivity index (χ2n) is 6.52. The molecule has 0 aliphatic carbocycles. The Bertz CT molecular complexity index is 661. The van der Waals surface area contributed by atoms with Crippen LogP contribution in [-0.2, 0) is 20.8 Å². The molecule has 1 aromatic carbocycles. The van der Waals surface area contributed by atoms with Crippen LogP contribution in [0.4, 0.5) is 0 Å². The van der Waals surface area contributed by atoms with Gasteiger partial charge in [-0.25, -0.2) is 0 Å². The van der Waals surface area contributed by atoms with Crippen molar-refractivity contribution < 1.29 is 24.2 Å². The van der Waals surface area contributed by atoms with E-state index in [2.05, 4.69) is 0 Å². The Hall–Kier alpha value is -2.57. The zero-order chi connectivity index (χ0) is 19.1. The number of benzene rings is 1. The van der Waals surface area contributed by atoms with Crippen LogP contribution in [0.25, 0.3) is 0 Å². The highest BCUT2D eigenvalue weighted by Crippen LogP contribution is 2.19. The summed E-state index contributed by atoms with van der Waals surface area (Å²) in [7, 11) is 1.55. The van der Waals surface area contributed by atoms with E-state index in [0.29, 0.717) is 25.1 Å². The largest absolute Gasteiger partial charge is 0.483 e. The summed E-state index contributed by atoms with van der Waals surface area (Å²) in [5.74, 6) is -1.27. The molecule has 1 unspecified atom stereocenters. The van der Waals surface area contributed by atoms with Crippen molar-refractivity contribution in [2.45, 2.75) is 26.2 Å². The summed E-state index contributed by atoms with van der Waals surface area (Å²) in [6.45, 7) is 2.53. The molecule has 0 spiro atoms. The molecule has 1 aliphatic heterocycles. The molecule has 1 fully saturated rings. The van der Waals surface area contributed by atoms with Crippen molar-refractivity contribution in [1.29, 1.82) is 0 Å². The number of ether oxygens (including phenoxy) is 1. The molecule has 0 saturated carbocycles. The summed E-state index contributed by atoms with van der Waals surface area (Å²) in [5, 5.41) is 9.11. The van der Waals surface area contributed by atoms with E-state index in [1.807, 2.05) is 31.2 Å². The highest BCUT2D eigenvalue weighted by atomic mass is 16.5. The fourth-order valence-electron chi connectivity index (χ4n) is 2.98. The predicted molar refractivity (Wildman–Crippen MR) is 95.9 cm³/mol. The van der Waals surface area contributed by atoms with E-state index in [9.17, 15) is 14.4 Å². The number of carboxylic acids is 1. The van der Waals surface area contributed by atoms with E-state index in [1.54, 1.807) is 7.05 Å². The van der Waals surface area contributed by atoms with Crippen LogP contribution in [0.1, 0.15) is 25.3 Å². The third-order valence-electron chi connectivity index (χ3n) is 4.63. The monoisotopic (exact) mass is 362 g/mol. The number of hydrogen-bond acceptors (Lipinski definition) is 4. The van der Waals surface area contributed by atoms with Crippen LogP contribution in [0, 0.1) is 5.92 Å². The number of piperidine rings is 1. The normalized spacial score (nSPS) is 16.8. The standard InChI is InChI=1S/C19H26N2O5/c1-3-14-7-4-5-9-16(14)26-13-18(23)20(2)12-17(22)21-10-6-8-15(11-21)19(24)25/h4-5,7,9,15H,3,6,8,10-13H2,1-2H3,(H,24,25). The van der Waals surface area contributed by atoms with Gasteiger partial charge in [-0.1, -0.05) is 25.1 Å². The SMILES string of the molecule is CCc1ccccc1OCC(=O)N(C)CC(=O)N1CCCC(C(=O)O)C1. The average Bonchev–Trinajstić information content (AvgIpc) is 2.66. The molecule has 26 heavy (non-hydrogen) atoms. The Morgan fingerprint density at radius 3 is 2.73 bits per heavy atom. The smallest absolute Gasteiger partial charge is 0.308 e. The van der Waals surface area contributed by atoms with Gasteiger partial charge in [0, 0.05) is 20.1 Å². The van der Waals surface area contributed by atoms with Crippen LogP contribution < -0.4 is 4.74 Å². The molecule has 1 aliphatic rings. The van der Waals surface area contributed by atoms with Crippen molar-refractivity contribution in [3.05, 3.63) is 29.8 Å². The fourth-order valence-corrected chi connectivity index (χ4v) is 2.98. The highest BCUT2D eigenvalue weighted by Gasteiger charge is 2.29. The number of aryl methyl sites for hydroxylation is 1. The molecule has 1 saturated heterocycles. The lowest BCUT2D eigenvalue weighted by molar-refractivity contribution is -0.147. The van der Waals surface area contributed by atoms with Crippen LogP contribution in [0.2, 0.25) is 0 Å². The lowest BCUT2D eigenvalue weighted by Gasteiger charge is -2.32. The molecule has 0 aromatic heterocycles. The molecule has 2 rings (SSSR count). The van der Waals surface area contributed by atoms with E-state index < -0.39 is 11.9 Å². The van der Waals surface area contributed by atoms with Gasteiger partial charge in [-0.05, 0) is 30.9 Å². The van der Waals surface area contributed by atoms with E-state index in [4.69, 9.17) is 9.84 Å². The zero-order valence-electron chi connectivity index (χ0n) is 15.3. The number of hydrogen-bond donors (Lipinski definition) is 1. The Morgan fingerprint density at radius 2 is 2.04 bits per heavy atom. The number of carbonyl (C=O) groups excluding carboxylic acids is 2. The summed E-state index contributed by atoms with van der Waals surface area (Å²) in [4.78, 5) is 38.6. The Labute approximate surface area is 153 Å². The van der Waals surface area contributed by atoms with Crippen LogP contribution >= 0.6 is 0 Å². The van der Waals surface area contributed by atoms with Crippen LogP contribution in [-0.4, -0.2) is 66.0 Å². The van der Waals surface area contributed by atoms with Crippen LogP contribution in [0.5, 0.6) is 5.75 Å². The molecule has 1 aromatic rings. The van der Waals surface area contributed by atoms with Crippen molar-refractivity contribution in [2.24, 2.45) is 5.92 Å². The van der Waals surface area contributed by atoms with E-state index in [-0.39, 0.29) is 31.5 Å².